The van der Waals surface area contributed by atoms with Gasteiger partial charge in [-0.3, -0.25) is 14.9 Å². The summed E-state index contributed by atoms with van der Waals surface area (Å²) >= 11 is 0. The minimum absolute atomic E-state index is 0.0354. The fraction of sp³-hybridized carbons (Fsp3) is 0.462. The molecule has 0 atom stereocenters. The number of nitrogens with two attached hydrogens (primary N) is 1. The highest BCUT2D eigenvalue weighted by atomic mass is 16.6. The molecular weight excluding hydrogens is 262 g/mol. The zero-order chi connectivity index (χ0) is 15.3. The van der Waals surface area contributed by atoms with Crippen LogP contribution in [0.3, 0.4) is 0 Å². The third-order valence-electron chi connectivity index (χ3n) is 2.70. The Morgan fingerprint density at radius 3 is 2.65 bits per heavy atom. The normalized spacial score (nSPS) is 11.2. The van der Waals surface area contributed by atoms with Crippen LogP contribution >= 0.6 is 0 Å². The zero-order valence-electron chi connectivity index (χ0n) is 11.8. The second-order valence-corrected chi connectivity index (χ2v) is 4.91. The molecule has 0 heterocycles. The van der Waals surface area contributed by atoms with Crippen LogP contribution in [-0.4, -0.2) is 29.6 Å². The summed E-state index contributed by atoms with van der Waals surface area (Å²) in [7, 11) is 0. The third kappa shape index (κ3) is 4.20. The van der Waals surface area contributed by atoms with Crippen LogP contribution in [0.5, 0.6) is 0 Å². The van der Waals surface area contributed by atoms with Gasteiger partial charge in [-0.25, -0.2) is 0 Å². The van der Waals surface area contributed by atoms with Crippen LogP contribution in [0.2, 0.25) is 0 Å². The predicted molar refractivity (Wildman–Crippen MR) is 75.5 cm³/mol. The van der Waals surface area contributed by atoms with Crippen LogP contribution in [0.4, 0.5) is 11.4 Å². The molecule has 1 aromatic rings. The minimum atomic E-state index is -0.588. The van der Waals surface area contributed by atoms with E-state index in [0.717, 1.165) is 0 Å². The van der Waals surface area contributed by atoms with Crippen molar-refractivity contribution < 1.29 is 14.5 Å². The summed E-state index contributed by atoms with van der Waals surface area (Å²) in [6.45, 7) is 6.48. The Morgan fingerprint density at radius 1 is 1.50 bits per heavy atom. The van der Waals surface area contributed by atoms with Crippen LogP contribution in [0, 0.1) is 10.1 Å². The van der Waals surface area contributed by atoms with E-state index >= 15 is 0 Å². The lowest BCUT2D eigenvalue weighted by Gasteiger charge is -2.24. The number of nitro groups is 1. The Morgan fingerprint density at radius 2 is 2.15 bits per heavy atom. The summed E-state index contributed by atoms with van der Waals surface area (Å²) < 4.78 is 5.46. The smallest absolute Gasteiger partial charge is 0.292 e. The number of carbonyl (C=O) groups is 1. The van der Waals surface area contributed by atoms with Crippen LogP contribution in [-0.2, 0) is 4.74 Å². The van der Waals surface area contributed by atoms with Crippen molar-refractivity contribution in [1.29, 1.82) is 0 Å². The van der Waals surface area contributed by atoms with Crippen molar-refractivity contribution in [2.75, 3.05) is 18.9 Å². The number of hydrogen-bond acceptors (Lipinski definition) is 5. The quantitative estimate of drug-likeness (QED) is 0.469. The van der Waals surface area contributed by atoms with Gasteiger partial charge in [0.25, 0.3) is 11.6 Å². The van der Waals surface area contributed by atoms with Crippen molar-refractivity contribution in [2.24, 2.45) is 0 Å². The second-order valence-electron chi connectivity index (χ2n) is 4.91. The number of ether oxygens (including phenoxy) is 1. The SMILES string of the molecule is CCOC(C)(C)CNC(=O)c1ccc([N+](=O)[O-])c(N)c1. The monoisotopic (exact) mass is 281 g/mol. The maximum Gasteiger partial charge on any atom is 0.292 e. The van der Waals surface area contributed by atoms with Gasteiger partial charge < -0.3 is 15.8 Å². The summed E-state index contributed by atoms with van der Waals surface area (Å²) in [4.78, 5) is 22.0. The number of hydrogen-bond donors (Lipinski definition) is 2. The topological polar surface area (TPSA) is 107 Å². The largest absolute Gasteiger partial charge is 0.393 e. The van der Waals surface area contributed by atoms with E-state index in [1.54, 1.807) is 0 Å². The van der Waals surface area contributed by atoms with Crippen LogP contribution in [0.1, 0.15) is 31.1 Å². The van der Waals surface area contributed by atoms with E-state index in [9.17, 15) is 14.9 Å². The summed E-state index contributed by atoms with van der Waals surface area (Å²) in [6.07, 6.45) is 0. The Balaban J connectivity index is 2.74. The van der Waals surface area contributed by atoms with Gasteiger partial charge in [0.15, 0.2) is 0 Å². The van der Waals surface area contributed by atoms with Crippen molar-refractivity contribution in [3.05, 3.63) is 33.9 Å². The number of carbonyl (C=O) groups excluding carboxylic acids is 1. The van der Waals surface area contributed by atoms with E-state index in [0.29, 0.717) is 13.2 Å². The summed E-state index contributed by atoms with van der Waals surface area (Å²) in [5.41, 5.74) is 5.10. The Labute approximate surface area is 117 Å². The highest BCUT2D eigenvalue weighted by Crippen LogP contribution is 2.22. The van der Waals surface area contributed by atoms with Crippen LogP contribution in [0.15, 0.2) is 18.2 Å². The Hall–Kier alpha value is -2.15. The number of anilines is 1. The minimum Gasteiger partial charge on any atom is -0.393 e. The van der Waals surface area contributed by atoms with Gasteiger partial charge in [-0.05, 0) is 32.9 Å². The van der Waals surface area contributed by atoms with E-state index in [1.807, 2.05) is 20.8 Å². The first-order valence-corrected chi connectivity index (χ1v) is 6.23. The highest BCUT2D eigenvalue weighted by molar-refractivity contribution is 5.95. The molecule has 20 heavy (non-hydrogen) atoms. The molecule has 0 aliphatic rings. The molecule has 7 nitrogen and oxygen atoms in total. The number of benzene rings is 1. The van der Waals surface area contributed by atoms with Crippen molar-refractivity contribution in [3.63, 3.8) is 0 Å². The maximum absolute atomic E-state index is 11.9. The molecule has 0 spiro atoms. The molecule has 0 bridgehead atoms. The van der Waals surface area contributed by atoms with Gasteiger partial charge in [-0.15, -0.1) is 0 Å². The molecule has 0 aromatic heterocycles. The molecule has 1 rings (SSSR count). The lowest BCUT2D eigenvalue weighted by Crippen LogP contribution is -2.40. The van der Waals surface area contributed by atoms with Gasteiger partial charge in [-0.2, -0.15) is 0 Å². The molecule has 0 radical (unpaired) electrons. The maximum atomic E-state index is 11.9. The molecule has 7 heteroatoms. The molecule has 0 aliphatic carbocycles. The summed E-state index contributed by atoms with van der Waals surface area (Å²) in [5.74, 6) is -0.348. The van der Waals surface area contributed by atoms with Gasteiger partial charge in [0.2, 0.25) is 0 Å². The number of nitro benzene ring substituents is 1. The zero-order valence-corrected chi connectivity index (χ0v) is 11.8. The van der Waals surface area contributed by atoms with Gasteiger partial charge in [-0.1, -0.05) is 0 Å². The lowest BCUT2D eigenvalue weighted by molar-refractivity contribution is -0.383. The summed E-state index contributed by atoms with van der Waals surface area (Å²) in [6, 6.07) is 3.89. The first-order chi connectivity index (χ1) is 9.26. The van der Waals surface area contributed by atoms with Crippen molar-refractivity contribution in [1.82, 2.24) is 5.32 Å². The molecular formula is C13H19N3O4. The second kappa shape index (κ2) is 6.33. The highest BCUT2D eigenvalue weighted by Gasteiger charge is 2.20. The number of nitrogens with one attached hydrogen (secondary N) is 1. The number of rotatable bonds is 6. The standard InChI is InChI=1S/C13H19N3O4/c1-4-20-13(2,3)8-15-12(17)9-5-6-11(16(18)19)10(14)7-9/h5-7H,4,8,14H2,1-3H3,(H,15,17). The van der Waals surface area contributed by atoms with Crippen molar-refractivity contribution in [3.8, 4) is 0 Å². The fourth-order valence-electron chi connectivity index (χ4n) is 1.70. The first kappa shape index (κ1) is 15.9. The average Bonchev–Trinajstić information content (AvgIpc) is 2.35. The lowest BCUT2D eigenvalue weighted by atomic mass is 10.1. The van der Waals surface area contributed by atoms with Crippen LogP contribution < -0.4 is 11.1 Å². The third-order valence-corrected chi connectivity index (χ3v) is 2.70. The molecule has 0 saturated heterocycles. The average molecular weight is 281 g/mol. The van der Waals surface area contributed by atoms with Gasteiger partial charge in [0.1, 0.15) is 5.69 Å². The van der Waals surface area contributed by atoms with Crippen molar-refractivity contribution in [2.45, 2.75) is 26.4 Å². The summed E-state index contributed by atoms with van der Waals surface area (Å²) in [5, 5.41) is 13.4. The van der Waals surface area contributed by atoms with E-state index in [1.165, 1.54) is 18.2 Å². The predicted octanol–water partition coefficient (Wildman–Crippen LogP) is 1.72. The fourth-order valence-corrected chi connectivity index (χ4v) is 1.70. The van der Waals surface area contributed by atoms with E-state index in [4.69, 9.17) is 10.5 Å². The van der Waals surface area contributed by atoms with Gasteiger partial charge in [0, 0.05) is 24.8 Å². The number of amides is 1. The molecule has 0 unspecified atom stereocenters. The molecule has 110 valence electrons. The molecule has 0 fully saturated rings. The molecule has 1 aromatic carbocycles. The van der Waals surface area contributed by atoms with E-state index in [-0.39, 0.29) is 22.8 Å². The Kier molecular flexibility index (Phi) is 5.04. The molecule has 0 aliphatic heterocycles. The molecule has 1 amide bonds. The Bertz CT molecular complexity index is 514. The van der Waals surface area contributed by atoms with E-state index < -0.39 is 10.5 Å². The number of nitrogens with zero attached hydrogens (tertiary/aromatic N) is 1. The van der Waals surface area contributed by atoms with Gasteiger partial charge in [0.05, 0.1) is 10.5 Å². The molecule has 0 saturated carbocycles. The first-order valence-electron chi connectivity index (χ1n) is 6.23. The van der Waals surface area contributed by atoms with Gasteiger partial charge >= 0.3 is 0 Å². The van der Waals surface area contributed by atoms with Crippen molar-refractivity contribution >= 4 is 17.3 Å². The number of nitrogen functional groups attached to an aromatic ring is 1. The van der Waals surface area contributed by atoms with Crippen LogP contribution in [0.25, 0.3) is 0 Å². The molecule has 3 N–H and O–H groups in total. The van der Waals surface area contributed by atoms with E-state index in [2.05, 4.69) is 5.32 Å².